The van der Waals surface area contributed by atoms with Gasteiger partial charge >= 0.3 is 11.9 Å². The molecule has 0 unspecified atom stereocenters. The number of rotatable bonds is 13. The fraction of sp³-hybridized carbons (Fsp3) is 0.875. The molecule has 0 bridgehead atoms. The largest absolute Gasteiger partial charge is 0.481 e. The summed E-state index contributed by atoms with van der Waals surface area (Å²) in [5.41, 5.74) is 5.30. The summed E-state index contributed by atoms with van der Waals surface area (Å²) in [6.45, 7) is 2.90. The molecule has 0 aromatic carbocycles. The van der Waals surface area contributed by atoms with Crippen LogP contribution in [0.15, 0.2) is 0 Å². The molecule has 0 aliphatic carbocycles. The fourth-order valence-electron chi connectivity index (χ4n) is 1.83. The van der Waals surface area contributed by atoms with Crippen LogP contribution in [0.25, 0.3) is 0 Å². The third kappa shape index (κ3) is 27.9. The van der Waals surface area contributed by atoms with E-state index in [4.69, 9.17) is 15.9 Å². The van der Waals surface area contributed by atoms with Crippen LogP contribution in [0.5, 0.6) is 0 Å². The maximum atomic E-state index is 10.1. The molecule has 0 rings (SSSR count). The molecule has 0 fully saturated rings. The molecule has 0 aliphatic heterocycles. The van der Waals surface area contributed by atoms with Gasteiger partial charge in [-0.05, 0) is 25.8 Å². The minimum Gasteiger partial charge on any atom is -0.481 e. The van der Waals surface area contributed by atoms with E-state index in [1.807, 2.05) is 0 Å². The lowest BCUT2D eigenvalue weighted by molar-refractivity contribution is -0.138. The van der Waals surface area contributed by atoms with Gasteiger partial charge in [0, 0.05) is 12.8 Å². The molecule has 0 amide bonds. The minimum atomic E-state index is -0.691. The Hall–Kier alpha value is -1.10. The van der Waals surface area contributed by atoms with Crippen molar-refractivity contribution in [3.8, 4) is 0 Å². The lowest BCUT2D eigenvalue weighted by Crippen LogP contribution is -1.98. The van der Waals surface area contributed by atoms with Gasteiger partial charge in [0.2, 0.25) is 0 Å². The fourth-order valence-corrected chi connectivity index (χ4v) is 1.83. The molecule has 0 aromatic rings. The molecule has 0 aliphatic rings. The Balaban J connectivity index is 0. The Bertz CT molecular complexity index is 244. The normalized spacial score (nSPS) is 9.81. The number of aliphatic carboxylic acids is 2. The van der Waals surface area contributed by atoms with E-state index in [9.17, 15) is 9.59 Å². The Morgan fingerprint density at radius 1 is 0.714 bits per heavy atom. The van der Waals surface area contributed by atoms with Crippen molar-refractivity contribution in [1.82, 2.24) is 0 Å². The summed E-state index contributed by atoms with van der Waals surface area (Å²) in [5, 5.41) is 16.6. The molecule has 0 saturated carbocycles. The molecule has 4 N–H and O–H groups in total. The first-order chi connectivity index (χ1) is 10.0. The quantitative estimate of drug-likeness (QED) is 0.449. The molecule has 21 heavy (non-hydrogen) atoms. The van der Waals surface area contributed by atoms with Crippen molar-refractivity contribution in [1.29, 1.82) is 0 Å². The van der Waals surface area contributed by atoms with Crippen molar-refractivity contribution in [3.63, 3.8) is 0 Å². The van der Waals surface area contributed by atoms with Gasteiger partial charge < -0.3 is 15.9 Å². The van der Waals surface area contributed by atoms with Gasteiger partial charge in [0.25, 0.3) is 0 Å². The molecule has 0 atom stereocenters. The summed E-state index contributed by atoms with van der Waals surface area (Å²) in [6, 6.07) is 0. The number of hydrogen-bond donors (Lipinski definition) is 3. The standard InChI is InChI=1S/C8H17NO2.C8H16O2/c9-7-5-3-1-2-4-6-8(10)11;1-2-3-4-5-6-7-8(9)10/h1-7,9H2,(H,10,11);2-7H2,1H3,(H,9,10). The number of nitrogens with two attached hydrogens (primary N) is 1. The summed E-state index contributed by atoms with van der Waals surface area (Å²) in [6.07, 6.45) is 11.3. The van der Waals surface area contributed by atoms with E-state index in [0.29, 0.717) is 12.8 Å². The van der Waals surface area contributed by atoms with Gasteiger partial charge in [0.15, 0.2) is 0 Å². The maximum absolute atomic E-state index is 10.1. The highest BCUT2D eigenvalue weighted by Crippen LogP contribution is 2.04. The van der Waals surface area contributed by atoms with Gasteiger partial charge in [-0.25, -0.2) is 0 Å². The average Bonchev–Trinajstić information content (AvgIpc) is 2.42. The summed E-state index contributed by atoms with van der Waals surface area (Å²) in [7, 11) is 0. The highest BCUT2D eigenvalue weighted by Gasteiger charge is 1.95. The average molecular weight is 303 g/mol. The number of carboxylic acid groups (broad SMARTS) is 2. The van der Waals surface area contributed by atoms with E-state index >= 15 is 0 Å². The third-order valence-electron chi connectivity index (χ3n) is 3.09. The first kappa shape index (κ1) is 22.2. The van der Waals surface area contributed by atoms with Crippen LogP contribution < -0.4 is 5.73 Å². The van der Waals surface area contributed by atoms with Crippen LogP contribution in [0.2, 0.25) is 0 Å². The predicted molar refractivity (Wildman–Crippen MR) is 85.4 cm³/mol. The molecule has 5 heteroatoms. The highest BCUT2D eigenvalue weighted by atomic mass is 16.4. The zero-order chi connectivity index (χ0) is 16.3. The van der Waals surface area contributed by atoms with Gasteiger partial charge in [-0.3, -0.25) is 9.59 Å². The van der Waals surface area contributed by atoms with E-state index in [1.54, 1.807) is 0 Å². The molecule has 0 saturated heterocycles. The Morgan fingerprint density at radius 3 is 1.48 bits per heavy atom. The van der Waals surface area contributed by atoms with Crippen LogP contribution in [-0.4, -0.2) is 28.7 Å². The predicted octanol–water partition coefficient (Wildman–Crippen LogP) is 3.80. The van der Waals surface area contributed by atoms with Crippen molar-refractivity contribution < 1.29 is 19.8 Å². The molecule has 0 radical (unpaired) electrons. The molecule has 5 nitrogen and oxygen atoms in total. The summed E-state index contributed by atoms with van der Waals surface area (Å²) >= 11 is 0. The zero-order valence-electron chi connectivity index (χ0n) is 13.5. The minimum absolute atomic E-state index is 0.308. The molecular formula is C16H33NO4. The van der Waals surface area contributed by atoms with Crippen LogP contribution in [-0.2, 0) is 9.59 Å². The Labute approximate surface area is 128 Å². The van der Waals surface area contributed by atoms with Crippen molar-refractivity contribution in [2.24, 2.45) is 5.73 Å². The number of carboxylic acids is 2. The van der Waals surface area contributed by atoms with E-state index in [2.05, 4.69) is 6.92 Å². The third-order valence-corrected chi connectivity index (χ3v) is 3.09. The van der Waals surface area contributed by atoms with Crippen molar-refractivity contribution in [3.05, 3.63) is 0 Å². The van der Waals surface area contributed by atoms with E-state index in [0.717, 1.165) is 51.5 Å². The maximum Gasteiger partial charge on any atom is 0.303 e. The highest BCUT2D eigenvalue weighted by molar-refractivity contribution is 5.66. The van der Waals surface area contributed by atoms with Gasteiger partial charge in [-0.1, -0.05) is 51.9 Å². The van der Waals surface area contributed by atoms with Gasteiger partial charge in [0.05, 0.1) is 0 Å². The second-order valence-corrected chi connectivity index (χ2v) is 5.26. The molecule has 0 aromatic heterocycles. The van der Waals surface area contributed by atoms with Crippen LogP contribution in [0.4, 0.5) is 0 Å². The monoisotopic (exact) mass is 303 g/mol. The SMILES string of the molecule is CCCCCCCC(=O)O.NCCCCCCCC(=O)O. The van der Waals surface area contributed by atoms with Crippen molar-refractivity contribution >= 4 is 11.9 Å². The van der Waals surface area contributed by atoms with Crippen molar-refractivity contribution in [2.75, 3.05) is 6.54 Å². The summed E-state index contributed by atoms with van der Waals surface area (Å²) < 4.78 is 0. The molecule has 0 heterocycles. The van der Waals surface area contributed by atoms with Gasteiger partial charge in [-0.2, -0.15) is 0 Å². The van der Waals surface area contributed by atoms with Gasteiger partial charge in [0.1, 0.15) is 0 Å². The van der Waals surface area contributed by atoms with E-state index in [-0.39, 0.29) is 0 Å². The smallest absolute Gasteiger partial charge is 0.303 e. The second-order valence-electron chi connectivity index (χ2n) is 5.26. The van der Waals surface area contributed by atoms with Crippen molar-refractivity contribution in [2.45, 2.75) is 84.0 Å². The second kappa shape index (κ2) is 18.9. The first-order valence-electron chi connectivity index (χ1n) is 8.18. The van der Waals surface area contributed by atoms with E-state index in [1.165, 1.54) is 19.3 Å². The lowest BCUT2D eigenvalue weighted by atomic mass is 10.1. The van der Waals surface area contributed by atoms with Crippen LogP contribution >= 0.6 is 0 Å². The number of hydrogen-bond acceptors (Lipinski definition) is 3. The lowest BCUT2D eigenvalue weighted by Gasteiger charge is -1.97. The number of carbonyl (C=O) groups is 2. The molecule has 0 spiro atoms. The Kier molecular flexibility index (Phi) is 20.0. The first-order valence-corrected chi connectivity index (χ1v) is 8.18. The van der Waals surface area contributed by atoms with Crippen LogP contribution in [0.3, 0.4) is 0 Å². The zero-order valence-corrected chi connectivity index (χ0v) is 13.5. The van der Waals surface area contributed by atoms with Crippen LogP contribution in [0.1, 0.15) is 84.0 Å². The Morgan fingerprint density at radius 2 is 1.10 bits per heavy atom. The van der Waals surface area contributed by atoms with Crippen LogP contribution in [0, 0.1) is 0 Å². The van der Waals surface area contributed by atoms with Gasteiger partial charge in [-0.15, -0.1) is 0 Å². The molecular weight excluding hydrogens is 270 g/mol. The number of unbranched alkanes of at least 4 members (excludes halogenated alkanes) is 8. The van der Waals surface area contributed by atoms with E-state index < -0.39 is 11.9 Å². The summed E-state index contributed by atoms with van der Waals surface area (Å²) in [4.78, 5) is 20.1. The topological polar surface area (TPSA) is 101 Å². The summed E-state index contributed by atoms with van der Waals surface area (Å²) in [5.74, 6) is -1.36. The molecule has 126 valence electrons.